The molecule has 0 saturated heterocycles. The monoisotopic (exact) mass is 451 g/mol. The van der Waals surface area contributed by atoms with Crippen LogP contribution in [0, 0.1) is 0 Å². The number of hydrogen-bond donors (Lipinski definition) is 3. The zero-order valence-corrected chi connectivity index (χ0v) is 21.2. The summed E-state index contributed by atoms with van der Waals surface area (Å²) in [6, 6.07) is -0.536. The Kier molecular flexibility index (Phi) is 23.6. The van der Waals surface area contributed by atoms with Crippen LogP contribution in [0.1, 0.15) is 129 Å². The molecule has 32 heavy (non-hydrogen) atoms. The first-order chi connectivity index (χ1) is 15.7. The van der Waals surface area contributed by atoms with Crippen LogP contribution in [0.2, 0.25) is 0 Å². The average Bonchev–Trinajstić information content (AvgIpc) is 2.79. The lowest BCUT2D eigenvalue weighted by Gasteiger charge is -2.22. The van der Waals surface area contributed by atoms with Crippen molar-refractivity contribution in [1.82, 2.24) is 5.32 Å². The number of rotatable bonds is 23. The highest BCUT2D eigenvalue weighted by Crippen LogP contribution is 2.12. The molecular weight excluding hydrogens is 398 g/mol. The van der Waals surface area contributed by atoms with Gasteiger partial charge in [0.2, 0.25) is 5.91 Å². The van der Waals surface area contributed by atoms with Gasteiger partial charge in [0.25, 0.3) is 0 Å². The van der Waals surface area contributed by atoms with E-state index >= 15 is 0 Å². The van der Waals surface area contributed by atoms with E-state index in [1.165, 1.54) is 57.8 Å². The third kappa shape index (κ3) is 20.8. The SMILES string of the molecule is CCCC/C=C\C/C=C\CCCCCCCC(=O)NC(CO)C(O)CCCCCCCC. The highest BCUT2D eigenvalue weighted by molar-refractivity contribution is 5.76. The minimum Gasteiger partial charge on any atom is -0.394 e. The average molecular weight is 452 g/mol. The normalized spacial score (nSPS) is 13.8. The summed E-state index contributed by atoms with van der Waals surface area (Å²) in [5.74, 6) is -0.0547. The highest BCUT2D eigenvalue weighted by Gasteiger charge is 2.19. The summed E-state index contributed by atoms with van der Waals surface area (Å²) < 4.78 is 0. The van der Waals surface area contributed by atoms with Crippen LogP contribution in [0.25, 0.3) is 0 Å². The Balaban J connectivity index is 3.66. The number of nitrogens with one attached hydrogen (secondary N) is 1. The van der Waals surface area contributed by atoms with Gasteiger partial charge in [-0.25, -0.2) is 0 Å². The largest absolute Gasteiger partial charge is 0.394 e. The third-order valence-electron chi connectivity index (χ3n) is 5.97. The van der Waals surface area contributed by atoms with Gasteiger partial charge in [0.1, 0.15) is 0 Å². The predicted octanol–water partition coefficient (Wildman–Crippen LogP) is 7.00. The zero-order valence-electron chi connectivity index (χ0n) is 21.2. The van der Waals surface area contributed by atoms with E-state index in [0.29, 0.717) is 12.8 Å². The predicted molar refractivity (Wildman–Crippen MR) is 138 cm³/mol. The molecule has 4 heteroatoms. The summed E-state index contributed by atoms with van der Waals surface area (Å²) >= 11 is 0. The van der Waals surface area contributed by atoms with Crippen molar-refractivity contribution in [2.75, 3.05) is 6.61 Å². The molecule has 0 aromatic heterocycles. The standard InChI is InChI=1S/C28H53NO3/c1-3-5-7-9-11-12-13-14-15-16-17-18-20-22-24-28(32)29-26(25-30)27(31)23-21-19-10-8-6-4-2/h9,11,13-14,26-27,30-31H,3-8,10,12,15-25H2,1-2H3,(H,29,32)/b11-9-,14-13-. The fraction of sp³-hybridized carbons (Fsp3) is 0.821. The second-order valence-electron chi connectivity index (χ2n) is 9.11. The Morgan fingerprint density at radius 1 is 0.750 bits per heavy atom. The molecule has 2 unspecified atom stereocenters. The third-order valence-corrected chi connectivity index (χ3v) is 5.97. The molecule has 0 aliphatic heterocycles. The molecule has 0 aromatic rings. The fourth-order valence-electron chi connectivity index (χ4n) is 3.78. The van der Waals surface area contributed by atoms with Gasteiger partial charge >= 0.3 is 0 Å². The summed E-state index contributed by atoms with van der Waals surface area (Å²) in [5, 5.41) is 22.6. The number of carbonyl (C=O) groups excluding carboxylic acids is 1. The smallest absolute Gasteiger partial charge is 0.220 e. The number of hydrogen-bond acceptors (Lipinski definition) is 3. The second kappa shape index (κ2) is 24.5. The highest BCUT2D eigenvalue weighted by atomic mass is 16.3. The summed E-state index contributed by atoms with van der Waals surface area (Å²) in [5.41, 5.74) is 0. The number of allylic oxidation sites excluding steroid dienone is 4. The summed E-state index contributed by atoms with van der Waals surface area (Å²) in [6.07, 6.45) is 27.9. The lowest BCUT2D eigenvalue weighted by Crippen LogP contribution is -2.45. The lowest BCUT2D eigenvalue weighted by molar-refractivity contribution is -0.123. The molecule has 188 valence electrons. The first-order valence-corrected chi connectivity index (χ1v) is 13.5. The molecule has 0 aliphatic rings. The number of amides is 1. The van der Waals surface area contributed by atoms with Crippen LogP contribution >= 0.6 is 0 Å². The first-order valence-electron chi connectivity index (χ1n) is 13.5. The van der Waals surface area contributed by atoms with Crippen molar-refractivity contribution in [2.24, 2.45) is 0 Å². The van der Waals surface area contributed by atoms with Gasteiger partial charge < -0.3 is 15.5 Å². The van der Waals surface area contributed by atoms with Crippen LogP contribution in [0.5, 0.6) is 0 Å². The second-order valence-corrected chi connectivity index (χ2v) is 9.11. The summed E-state index contributed by atoms with van der Waals surface area (Å²) in [6.45, 7) is 4.22. The van der Waals surface area contributed by atoms with E-state index in [1.54, 1.807) is 0 Å². The maximum atomic E-state index is 12.1. The molecule has 0 saturated carbocycles. The maximum Gasteiger partial charge on any atom is 0.220 e. The van der Waals surface area contributed by atoms with E-state index in [1.807, 2.05) is 0 Å². The first kappa shape index (κ1) is 30.9. The zero-order chi connectivity index (χ0) is 23.7. The Hall–Kier alpha value is -1.13. The van der Waals surface area contributed by atoms with E-state index in [-0.39, 0.29) is 12.5 Å². The van der Waals surface area contributed by atoms with Gasteiger partial charge in [-0.15, -0.1) is 0 Å². The van der Waals surface area contributed by atoms with Crippen molar-refractivity contribution in [1.29, 1.82) is 0 Å². The lowest BCUT2D eigenvalue weighted by atomic mass is 10.0. The molecule has 0 radical (unpaired) electrons. The molecule has 0 aliphatic carbocycles. The molecule has 3 N–H and O–H groups in total. The van der Waals surface area contributed by atoms with Crippen LogP contribution in [-0.4, -0.2) is 34.9 Å². The van der Waals surface area contributed by atoms with Crippen molar-refractivity contribution < 1.29 is 15.0 Å². The number of aliphatic hydroxyl groups is 2. The molecule has 0 bridgehead atoms. The Bertz CT molecular complexity index is 462. The molecule has 0 heterocycles. The van der Waals surface area contributed by atoms with E-state index in [2.05, 4.69) is 43.5 Å². The molecule has 0 aromatic carbocycles. The van der Waals surface area contributed by atoms with Crippen LogP contribution in [0.3, 0.4) is 0 Å². The van der Waals surface area contributed by atoms with Crippen LogP contribution in [0.15, 0.2) is 24.3 Å². The van der Waals surface area contributed by atoms with Crippen LogP contribution in [-0.2, 0) is 4.79 Å². The summed E-state index contributed by atoms with van der Waals surface area (Å²) in [7, 11) is 0. The fourth-order valence-corrected chi connectivity index (χ4v) is 3.78. The van der Waals surface area contributed by atoms with E-state index in [0.717, 1.165) is 44.9 Å². The maximum absolute atomic E-state index is 12.1. The topological polar surface area (TPSA) is 69.6 Å². The molecule has 2 atom stereocenters. The Morgan fingerprint density at radius 2 is 1.31 bits per heavy atom. The van der Waals surface area contributed by atoms with E-state index in [9.17, 15) is 15.0 Å². The number of carbonyl (C=O) groups is 1. The van der Waals surface area contributed by atoms with Gasteiger partial charge in [-0.2, -0.15) is 0 Å². The van der Waals surface area contributed by atoms with Gasteiger partial charge in [-0.3, -0.25) is 4.79 Å². The van der Waals surface area contributed by atoms with E-state index < -0.39 is 12.1 Å². The number of aliphatic hydroxyl groups excluding tert-OH is 2. The summed E-state index contributed by atoms with van der Waals surface area (Å²) in [4.78, 5) is 12.1. The van der Waals surface area contributed by atoms with Crippen LogP contribution < -0.4 is 5.32 Å². The molecular formula is C28H53NO3. The quantitative estimate of drug-likeness (QED) is 0.116. The van der Waals surface area contributed by atoms with E-state index in [4.69, 9.17) is 0 Å². The molecule has 0 rings (SSSR count). The minimum atomic E-state index is -0.657. The van der Waals surface area contributed by atoms with Crippen molar-refractivity contribution >= 4 is 5.91 Å². The minimum absolute atomic E-state index is 0.0547. The van der Waals surface area contributed by atoms with Gasteiger partial charge in [-0.1, -0.05) is 109 Å². The molecule has 0 spiro atoms. The van der Waals surface area contributed by atoms with Gasteiger partial charge in [0.05, 0.1) is 18.8 Å². The number of unbranched alkanes of at least 4 members (excludes halogenated alkanes) is 12. The van der Waals surface area contributed by atoms with Crippen molar-refractivity contribution in [3.05, 3.63) is 24.3 Å². The Labute approximate surface area is 199 Å². The molecule has 4 nitrogen and oxygen atoms in total. The van der Waals surface area contributed by atoms with Gasteiger partial charge in [-0.05, 0) is 38.5 Å². The molecule has 1 amide bonds. The van der Waals surface area contributed by atoms with Gasteiger partial charge in [0, 0.05) is 6.42 Å². The van der Waals surface area contributed by atoms with Crippen molar-refractivity contribution in [2.45, 2.75) is 142 Å². The van der Waals surface area contributed by atoms with Crippen molar-refractivity contribution in [3.63, 3.8) is 0 Å². The molecule has 0 fully saturated rings. The van der Waals surface area contributed by atoms with Gasteiger partial charge in [0.15, 0.2) is 0 Å². The Morgan fingerprint density at radius 3 is 1.97 bits per heavy atom. The van der Waals surface area contributed by atoms with Crippen molar-refractivity contribution in [3.8, 4) is 0 Å². The van der Waals surface area contributed by atoms with Crippen LogP contribution in [0.4, 0.5) is 0 Å².